The van der Waals surface area contributed by atoms with Gasteiger partial charge in [0.2, 0.25) is 5.91 Å². The number of urea groups is 1. The fourth-order valence-electron chi connectivity index (χ4n) is 5.91. The topological polar surface area (TPSA) is 128 Å². The lowest BCUT2D eigenvalue weighted by molar-refractivity contribution is -0.135. The summed E-state index contributed by atoms with van der Waals surface area (Å²) in [5.41, 5.74) is 1.74. The summed E-state index contributed by atoms with van der Waals surface area (Å²) in [6, 6.07) is 7.64. The molecule has 2 fully saturated rings. The van der Waals surface area contributed by atoms with Crippen molar-refractivity contribution in [3.05, 3.63) is 53.0 Å². The Balaban J connectivity index is 1.16. The summed E-state index contributed by atoms with van der Waals surface area (Å²) in [6.07, 6.45) is 6.93. The monoisotopic (exact) mass is 684 g/mol. The van der Waals surface area contributed by atoms with E-state index in [0.29, 0.717) is 84.8 Å². The van der Waals surface area contributed by atoms with Gasteiger partial charge in [0, 0.05) is 70.3 Å². The van der Waals surface area contributed by atoms with Crippen LogP contribution in [0.15, 0.2) is 47.5 Å². The van der Waals surface area contributed by atoms with E-state index in [-0.39, 0.29) is 17.4 Å². The number of hydrogen-bond donors (Lipinski definition) is 3. The van der Waals surface area contributed by atoms with E-state index in [1.165, 1.54) is 5.56 Å². The number of halogens is 1. The van der Waals surface area contributed by atoms with E-state index in [1.807, 2.05) is 39.8 Å². The molecule has 2 aromatic heterocycles. The second kappa shape index (κ2) is 14.4. The van der Waals surface area contributed by atoms with Crippen molar-refractivity contribution in [1.29, 1.82) is 0 Å². The molecule has 0 bridgehead atoms. The third kappa shape index (κ3) is 8.72. The van der Waals surface area contributed by atoms with Crippen LogP contribution in [0.5, 0.6) is 0 Å². The highest BCUT2D eigenvalue weighted by Gasteiger charge is 2.39. The number of morpholine rings is 1. The van der Waals surface area contributed by atoms with Gasteiger partial charge < -0.3 is 30.3 Å². The number of amides is 3. The Hall–Kier alpha value is -3.26. The molecule has 0 aliphatic carbocycles. The van der Waals surface area contributed by atoms with E-state index < -0.39 is 5.60 Å². The van der Waals surface area contributed by atoms with E-state index in [1.54, 1.807) is 12.4 Å². The molecular weight excluding hydrogens is 640 g/mol. The van der Waals surface area contributed by atoms with Gasteiger partial charge in [0.15, 0.2) is 11.5 Å². The van der Waals surface area contributed by atoms with E-state index >= 15 is 0 Å². The molecule has 3 aromatic rings. The number of rotatable bonds is 11. The van der Waals surface area contributed by atoms with Gasteiger partial charge in [-0.3, -0.25) is 14.1 Å². The molecule has 1 atom stereocenters. The van der Waals surface area contributed by atoms with Gasteiger partial charge in [0.25, 0.3) is 0 Å². The maximum Gasteiger partial charge on any atom is 0.319 e. The number of carbonyl (C=O) groups is 2. The number of ether oxygens (including phenoxy) is 1. The lowest BCUT2D eigenvalue weighted by atomic mass is 9.87. The van der Waals surface area contributed by atoms with E-state index in [9.17, 15) is 14.7 Å². The summed E-state index contributed by atoms with van der Waals surface area (Å²) in [6.45, 7) is 11.9. The fraction of sp³-hybridized carbons (Fsp3) is 0.562. The highest BCUT2D eigenvalue weighted by Crippen LogP contribution is 2.30. The van der Waals surface area contributed by atoms with Crippen molar-refractivity contribution >= 4 is 45.0 Å². The molecule has 45 heavy (non-hydrogen) atoms. The van der Waals surface area contributed by atoms with E-state index in [0.717, 1.165) is 21.8 Å². The average Bonchev–Trinajstić information content (AvgIpc) is 3.60. The third-order valence-corrected chi connectivity index (χ3v) is 9.05. The minimum absolute atomic E-state index is 0.0472. The molecule has 0 radical (unpaired) electrons. The van der Waals surface area contributed by atoms with Crippen LogP contribution in [0.3, 0.4) is 0 Å². The third-order valence-electron chi connectivity index (χ3n) is 8.47. The first-order valence-electron chi connectivity index (χ1n) is 15.7. The van der Waals surface area contributed by atoms with Crippen molar-refractivity contribution in [2.45, 2.75) is 51.0 Å². The van der Waals surface area contributed by atoms with Gasteiger partial charge in [-0.1, -0.05) is 32.9 Å². The number of aliphatic hydroxyl groups is 1. The summed E-state index contributed by atoms with van der Waals surface area (Å²) in [7, 11) is 0. The highest BCUT2D eigenvalue weighted by atomic mass is 79.9. The number of benzene rings is 1. The maximum atomic E-state index is 12.9. The average molecular weight is 686 g/mol. The van der Waals surface area contributed by atoms with E-state index in [4.69, 9.17) is 4.74 Å². The summed E-state index contributed by atoms with van der Waals surface area (Å²) in [5, 5.41) is 17.6. The minimum atomic E-state index is -0.982. The predicted molar refractivity (Wildman–Crippen MR) is 178 cm³/mol. The van der Waals surface area contributed by atoms with Gasteiger partial charge in [-0.05, 0) is 58.4 Å². The summed E-state index contributed by atoms with van der Waals surface area (Å²) in [5.74, 6) is 0.829. The zero-order valence-electron chi connectivity index (χ0n) is 26.5. The van der Waals surface area contributed by atoms with Crippen LogP contribution < -0.4 is 15.5 Å². The number of aromatic nitrogens is 3. The van der Waals surface area contributed by atoms with Crippen LogP contribution in [-0.4, -0.2) is 112 Å². The molecule has 0 saturated carbocycles. The zero-order valence-corrected chi connectivity index (χ0v) is 28.1. The second-order valence-corrected chi connectivity index (χ2v) is 13.8. The first kappa shape index (κ1) is 33.1. The summed E-state index contributed by atoms with van der Waals surface area (Å²) >= 11 is 3.52. The first-order valence-corrected chi connectivity index (χ1v) is 16.5. The number of nitrogens with one attached hydrogen (secondary N) is 2. The highest BCUT2D eigenvalue weighted by molar-refractivity contribution is 9.10. The number of hydrogen-bond acceptors (Lipinski definition) is 8. The Morgan fingerprint density at radius 1 is 1.11 bits per heavy atom. The van der Waals surface area contributed by atoms with Crippen LogP contribution in [-0.2, 0) is 14.9 Å². The van der Waals surface area contributed by atoms with Crippen LogP contribution in [0.1, 0.15) is 45.6 Å². The largest absolute Gasteiger partial charge is 0.387 e. The smallest absolute Gasteiger partial charge is 0.319 e. The Kier molecular flexibility index (Phi) is 10.6. The number of carbonyl (C=O) groups excluding carboxylic acids is 2. The summed E-state index contributed by atoms with van der Waals surface area (Å²) < 4.78 is 8.16. The Morgan fingerprint density at radius 3 is 2.60 bits per heavy atom. The molecule has 3 N–H and O–H groups in total. The molecule has 2 aliphatic heterocycles. The minimum Gasteiger partial charge on any atom is -0.387 e. The molecule has 0 spiro atoms. The van der Waals surface area contributed by atoms with Gasteiger partial charge >= 0.3 is 6.03 Å². The molecule has 2 aliphatic rings. The van der Waals surface area contributed by atoms with Gasteiger partial charge in [-0.25, -0.2) is 14.8 Å². The van der Waals surface area contributed by atoms with Gasteiger partial charge in [-0.15, -0.1) is 0 Å². The molecule has 4 heterocycles. The molecule has 13 heteroatoms. The molecule has 5 rings (SSSR count). The van der Waals surface area contributed by atoms with Crippen molar-refractivity contribution in [3.63, 3.8) is 0 Å². The number of nitrogens with zero attached hydrogens (tertiary/aromatic N) is 6. The zero-order chi connectivity index (χ0) is 32.0. The van der Waals surface area contributed by atoms with Crippen LogP contribution in [0.2, 0.25) is 0 Å². The number of fused-ring (bicyclic) bond motifs is 1. The SMILES string of the molecule is CC(C)(C)c1ccc(NC(=O)NCCCN(CCC(=O)N2CCOCC2)CC2(O)CCN(c3nccn4c(Br)cnc34)C2)cc1. The quantitative estimate of drug-likeness (QED) is 0.262. The normalized spacial score (nSPS) is 19.0. The Bertz CT molecular complexity index is 1450. The van der Waals surface area contributed by atoms with Crippen molar-refractivity contribution in [3.8, 4) is 0 Å². The lowest BCUT2D eigenvalue weighted by Crippen LogP contribution is -2.47. The van der Waals surface area contributed by atoms with Gasteiger partial charge in [-0.2, -0.15) is 0 Å². The summed E-state index contributed by atoms with van der Waals surface area (Å²) in [4.78, 5) is 40.6. The van der Waals surface area contributed by atoms with E-state index in [2.05, 4.69) is 67.1 Å². The standard InChI is InChI=1S/C32H45BrN8O4/c1-31(2,3)24-5-7-25(8-6-24)37-30(43)35-11-4-13-38(14-9-27(42)39-17-19-45-20-18-39)22-32(44)10-15-40(23-32)28-29-36-21-26(33)41(29)16-12-34-28/h5-8,12,16,21,44H,4,9-11,13-15,17-20,22-23H2,1-3H3,(H2,35,37,43). The molecular formula is C32H45BrN8O4. The second-order valence-electron chi connectivity index (χ2n) is 13.0. The fourth-order valence-corrected chi connectivity index (χ4v) is 6.30. The van der Waals surface area contributed by atoms with Crippen LogP contribution in [0, 0.1) is 0 Å². The number of imidazole rings is 1. The molecule has 244 valence electrons. The van der Waals surface area contributed by atoms with Crippen LogP contribution in [0.25, 0.3) is 5.65 Å². The van der Waals surface area contributed by atoms with Crippen LogP contribution in [0.4, 0.5) is 16.3 Å². The van der Waals surface area contributed by atoms with Crippen molar-refractivity contribution in [2.75, 3.05) is 75.8 Å². The van der Waals surface area contributed by atoms with Crippen molar-refractivity contribution in [1.82, 2.24) is 29.5 Å². The van der Waals surface area contributed by atoms with Gasteiger partial charge in [0.05, 0.1) is 25.0 Å². The van der Waals surface area contributed by atoms with Crippen molar-refractivity contribution < 1.29 is 19.4 Å². The number of β-amino-alcohol motifs (C(OH)–C–C–N with tert-alkyl or cyclic N) is 1. The molecule has 1 aromatic carbocycles. The Morgan fingerprint density at radius 2 is 1.87 bits per heavy atom. The Labute approximate surface area is 273 Å². The molecule has 2 saturated heterocycles. The predicted octanol–water partition coefficient (Wildman–Crippen LogP) is 3.49. The first-order chi connectivity index (χ1) is 21.5. The maximum absolute atomic E-state index is 12.9. The van der Waals surface area contributed by atoms with Gasteiger partial charge in [0.1, 0.15) is 4.60 Å². The molecule has 1 unspecified atom stereocenters. The molecule has 12 nitrogen and oxygen atoms in total. The van der Waals surface area contributed by atoms with Crippen LogP contribution >= 0.6 is 15.9 Å². The number of anilines is 2. The molecule has 3 amide bonds. The lowest BCUT2D eigenvalue weighted by Gasteiger charge is -2.33. The van der Waals surface area contributed by atoms with Crippen molar-refractivity contribution in [2.24, 2.45) is 0 Å².